The van der Waals surface area contributed by atoms with Crippen molar-refractivity contribution in [3.8, 4) is 0 Å². The molecule has 0 saturated heterocycles. The highest BCUT2D eigenvalue weighted by molar-refractivity contribution is 4.93. The molecule has 0 aromatic carbocycles. The Bertz CT molecular complexity index is 187. The van der Waals surface area contributed by atoms with Crippen LogP contribution in [0.2, 0.25) is 0 Å². The van der Waals surface area contributed by atoms with Gasteiger partial charge in [-0.1, -0.05) is 19.8 Å². The molecule has 88 valence electrons. The van der Waals surface area contributed by atoms with E-state index in [9.17, 15) is 0 Å². The molecule has 0 bridgehead atoms. The zero-order valence-electron chi connectivity index (χ0n) is 10.2. The molecule has 2 rings (SSSR count). The average molecular weight is 211 g/mol. The van der Waals surface area contributed by atoms with E-state index >= 15 is 0 Å². The zero-order chi connectivity index (χ0) is 10.7. The van der Waals surface area contributed by atoms with Crippen LogP contribution in [0, 0.1) is 11.8 Å². The molecule has 0 aliphatic heterocycles. The fourth-order valence-corrected chi connectivity index (χ4v) is 2.51. The van der Waals surface area contributed by atoms with Crippen molar-refractivity contribution in [3.05, 3.63) is 0 Å². The lowest BCUT2D eigenvalue weighted by Gasteiger charge is -2.28. The number of rotatable bonds is 8. The fraction of sp³-hybridized carbons (Fsp3) is 1.00. The van der Waals surface area contributed by atoms with E-state index in [0.29, 0.717) is 12.1 Å². The molecule has 1 N–H and O–H groups in total. The molecule has 0 aromatic heterocycles. The lowest BCUT2D eigenvalue weighted by Crippen LogP contribution is -2.43. The van der Waals surface area contributed by atoms with Crippen LogP contribution < -0.4 is 5.32 Å². The van der Waals surface area contributed by atoms with Gasteiger partial charge in [-0.25, -0.2) is 0 Å². The summed E-state index contributed by atoms with van der Waals surface area (Å²) in [5.41, 5.74) is 0. The summed E-state index contributed by atoms with van der Waals surface area (Å²) in [6.45, 7) is 6.27. The number of hydrogen-bond acceptors (Lipinski definition) is 2. The second kappa shape index (κ2) is 5.31. The van der Waals surface area contributed by atoms with Crippen LogP contribution in [-0.4, -0.2) is 25.3 Å². The third kappa shape index (κ3) is 3.46. The maximum Gasteiger partial charge on any atom is 0.0756 e. The molecule has 2 unspecified atom stereocenters. The van der Waals surface area contributed by atoms with Crippen LogP contribution in [-0.2, 0) is 4.74 Å². The predicted octanol–water partition coefficient (Wildman–Crippen LogP) is 2.58. The Kier molecular flexibility index (Phi) is 4.04. The van der Waals surface area contributed by atoms with E-state index in [4.69, 9.17) is 4.74 Å². The summed E-state index contributed by atoms with van der Waals surface area (Å²) in [5, 5.41) is 3.64. The molecule has 2 aliphatic carbocycles. The van der Waals surface area contributed by atoms with E-state index in [2.05, 4.69) is 19.2 Å². The van der Waals surface area contributed by atoms with E-state index in [1.165, 1.54) is 32.1 Å². The minimum absolute atomic E-state index is 0.496. The molecule has 0 amide bonds. The van der Waals surface area contributed by atoms with Crippen molar-refractivity contribution in [3.63, 3.8) is 0 Å². The topological polar surface area (TPSA) is 21.3 Å². The van der Waals surface area contributed by atoms with Gasteiger partial charge < -0.3 is 10.1 Å². The summed E-state index contributed by atoms with van der Waals surface area (Å²) in [6.07, 6.45) is 7.51. The molecule has 2 nitrogen and oxygen atoms in total. The van der Waals surface area contributed by atoms with Gasteiger partial charge in [-0.05, 0) is 44.6 Å². The van der Waals surface area contributed by atoms with E-state index in [0.717, 1.165) is 25.0 Å². The first-order chi connectivity index (χ1) is 7.35. The molecule has 2 saturated carbocycles. The molecule has 0 heterocycles. The molecule has 0 aromatic rings. The highest BCUT2D eigenvalue weighted by Crippen LogP contribution is 2.40. The van der Waals surface area contributed by atoms with Gasteiger partial charge in [-0.15, -0.1) is 0 Å². The first kappa shape index (κ1) is 11.4. The van der Waals surface area contributed by atoms with Gasteiger partial charge in [0.05, 0.1) is 6.10 Å². The third-order valence-corrected chi connectivity index (χ3v) is 3.59. The fourth-order valence-electron chi connectivity index (χ4n) is 2.51. The van der Waals surface area contributed by atoms with E-state index < -0.39 is 0 Å². The second-order valence-electron chi connectivity index (χ2n) is 5.10. The second-order valence-corrected chi connectivity index (χ2v) is 5.10. The smallest absolute Gasteiger partial charge is 0.0756 e. The third-order valence-electron chi connectivity index (χ3n) is 3.59. The molecular weight excluding hydrogens is 186 g/mol. The largest absolute Gasteiger partial charge is 0.377 e. The summed E-state index contributed by atoms with van der Waals surface area (Å²) < 4.78 is 5.95. The van der Waals surface area contributed by atoms with E-state index in [1.54, 1.807) is 0 Å². The first-order valence-electron chi connectivity index (χ1n) is 6.70. The van der Waals surface area contributed by atoms with Crippen LogP contribution in [0.15, 0.2) is 0 Å². The highest BCUT2D eigenvalue weighted by atomic mass is 16.5. The van der Waals surface area contributed by atoms with E-state index in [1.807, 2.05) is 0 Å². The van der Waals surface area contributed by atoms with Crippen molar-refractivity contribution in [2.75, 3.05) is 13.2 Å². The van der Waals surface area contributed by atoms with Gasteiger partial charge in [0.1, 0.15) is 0 Å². The Labute approximate surface area is 93.8 Å². The van der Waals surface area contributed by atoms with Gasteiger partial charge in [-0.3, -0.25) is 0 Å². The number of likely N-dealkylation sites (N-methyl/N-ethyl adjacent to an activating group) is 1. The van der Waals surface area contributed by atoms with Crippen LogP contribution in [0.25, 0.3) is 0 Å². The Morgan fingerprint density at radius 2 is 1.93 bits per heavy atom. The van der Waals surface area contributed by atoms with Crippen LogP contribution in [0.4, 0.5) is 0 Å². The summed E-state index contributed by atoms with van der Waals surface area (Å²) in [6, 6.07) is 0.620. The average Bonchev–Trinajstić information content (AvgIpc) is 3.06. The molecule has 2 fully saturated rings. The maximum absolute atomic E-state index is 5.95. The summed E-state index contributed by atoms with van der Waals surface area (Å²) in [4.78, 5) is 0. The van der Waals surface area contributed by atoms with Crippen LogP contribution >= 0.6 is 0 Å². The summed E-state index contributed by atoms with van der Waals surface area (Å²) in [7, 11) is 0. The lowest BCUT2D eigenvalue weighted by molar-refractivity contribution is 0.0160. The lowest BCUT2D eigenvalue weighted by atomic mass is 10.0. The van der Waals surface area contributed by atoms with Crippen molar-refractivity contribution in [1.29, 1.82) is 0 Å². The Morgan fingerprint density at radius 3 is 2.40 bits per heavy atom. The molecule has 2 aliphatic rings. The van der Waals surface area contributed by atoms with Crippen LogP contribution in [0.1, 0.15) is 46.0 Å². The monoisotopic (exact) mass is 211 g/mol. The van der Waals surface area contributed by atoms with Crippen molar-refractivity contribution in [1.82, 2.24) is 5.32 Å². The predicted molar refractivity (Wildman–Crippen MR) is 62.9 cm³/mol. The van der Waals surface area contributed by atoms with Gasteiger partial charge in [-0.2, -0.15) is 0 Å². The molecule has 2 atom stereocenters. The van der Waals surface area contributed by atoms with Crippen molar-refractivity contribution < 1.29 is 4.74 Å². The normalized spacial score (nSPS) is 25.2. The maximum atomic E-state index is 5.95. The minimum Gasteiger partial charge on any atom is -0.377 e. The van der Waals surface area contributed by atoms with Gasteiger partial charge in [0, 0.05) is 12.6 Å². The van der Waals surface area contributed by atoms with Crippen molar-refractivity contribution in [2.45, 2.75) is 58.1 Å². The molecule has 15 heavy (non-hydrogen) atoms. The summed E-state index contributed by atoms with van der Waals surface area (Å²) in [5.74, 6) is 1.85. The standard InChI is InChI=1S/C13H25NO/c1-3-14-12(9-10-5-6-10)13(15-4-2)11-7-8-11/h10-14H,3-9H2,1-2H3. The minimum atomic E-state index is 0.496. The molecule has 2 heteroatoms. The quantitative estimate of drug-likeness (QED) is 0.666. The number of nitrogens with one attached hydrogen (secondary N) is 1. The van der Waals surface area contributed by atoms with Gasteiger partial charge in [0.15, 0.2) is 0 Å². The Morgan fingerprint density at radius 1 is 1.20 bits per heavy atom. The SMILES string of the molecule is CCNC(CC1CC1)C(OCC)C1CC1. The number of ether oxygens (including phenoxy) is 1. The van der Waals surface area contributed by atoms with Gasteiger partial charge in [0.2, 0.25) is 0 Å². The van der Waals surface area contributed by atoms with Gasteiger partial charge >= 0.3 is 0 Å². The Balaban J connectivity index is 1.85. The highest BCUT2D eigenvalue weighted by Gasteiger charge is 2.39. The van der Waals surface area contributed by atoms with Crippen molar-refractivity contribution >= 4 is 0 Å². The first-order valence-corrected chi connectivity index (χ1v) is 6.70. The Hall–Kier alpha value is -0.0800. The van der Waals surface area contributed by atoms with Crippen LogP contribution in [0.5, 0.6) is 0 Å². The van der Waals surface area contributed by atoms with Gasteiger partial charge in [0.25, 0.3) is 0 Å². The molecule has 0 spiro atoms. The molecule has 0 radical (unpaired) electrons. The van der Waals surface area contributed by atoms with Crippen molar-refractivity contribution in [2.24, 2.45) is 11.8 Å². The molecular formula is C13H25NO. The number of hydrogen-bond donors (Lipinski definition) is 1. The summed E-state index contributed by atoms with van der Waals surface area (Å²) >= 11 is 0. The zero-order valence-corrected chi connectivity index (χ0v) is 10.2. The van der Waals surface area contributed by atoms with Crippen LogP contribution in [0.3, 0.4) is 0 Å². The van der Waals surface area contributed by atoms with E-state index in [-0.39, 0.29) is 0 Å².